The Balaban J connectivity index is 1.68. The van der Waals surface area contributed by atoms with Crippen LogP contribution in [0, 0.1) is 5.92 Å². The quantitative estimate of drug-likeness (QED) is 0.882. The van der Waals surface area contributed by atoms with Crippen LogP contribution in [0.3, 0.4) is 0 Å². The van der Waals surface area contributed by atoms with Crippen LogP contribution < -0.4 is 5.32 Å². The largest absolute Gasteiger partial charge is 0.393 e. The van der Waals surface area contributed by atoms with E-state index in [1.54, 1.807) is 22.2 Å². The molecule has 1 atom stereocenters. The molecule has 1 saturated carbocycles. The fourth-order valence-electron chi connectivity index (χ4n) is 2.78. The number of carbonyl (C=O) groups excluding carboxylic acids is 1. The van der Waals surface area contributed by atoms with Crippen molar-refractivity contribution in [1.29, 1.82) is 0 Å². The summed E-state index contributed by atoms with van der Waals surface area (Å²) in [4.78, 5) is 12.2. The molecule has 0 saturated heterocycles. The number of hydrogen-bond acceptors (Lipinski definition) is 4. The van der Waals surface area contributed by atoms with Crippen molar-refractivity contribution in [2.75, 3.05) is 0 Å². The maximum absolute atomic E-state index is 12.2. The van der Waals surface area contributed by atoms with E-state index >= 15 is 0 Å². The minimum Gasteiger partial charge on any atom is -0.393 e. The van der Waals surface area contributed by atoms with Crippen LogP contribution in [0.4, 0.5) is 0 Å². The molecule has 5 nitrogen and oxygen atoms in total. The summed E-state index contributed by atoms with van der Waals surface area (Å²) in [5.74, 6) is 0.305. The van der Waals surface area contributed by atoms with Crippen molar-refractivity contribution in [2.24, 2.45) is 13.0 Å². The molecule has 6 heteroatoms. The van der Waals surface area contributed by atoms with E-state index in [4.69, 9.17) is 0 Å². The van der Waals surface area contributed by atoms with Crippen LogP contribution in [0.15, 0.2) is 29.2 Å². The number of nitrogens with one attached hydrogen (secondary N) is 1. The van der Waals surface area contributed by atoms with Crippen molar-refractivity contribution >= 4 is 17.2 Å². The van der Waals surface area contributed by atoms with Crippen LogP contribution in [-0.4, -0.2) is 26.9 Å². The van der Waals surface area contributed by atoms with Crippen molar-refractivity contribution in [3.63, 3.8) is 0 Å². The number of thiophene rings is 1. The third-order valence-electron chi connectivity index (χ3n) is 3.97. The molecule has 112 valence electrons. The molecule has 21 heavy (non-hydrogen) atoms. The second kappa shape index (κ2) is 5.99. The predicted molar refractivity (Wildman–Crippen MR) is 80.8 cm³/mol. The maximum atomic E-state index is 12.2. The number of aliphatic hydroxyl groups is 1. The molecule has 0 aromatic carbocycles. The van der Waals surface area contributed by atoms with Crippen LogP contribution in [0.2, 0.25) is 0 Å². The number of nitrogens with zero attached hydrogens (tertiary/aromatic N) is 2. The first kappa shape index (κ1) is 14.3. The Morgan fingerprint density at radius 3 is 3.00 bits per heavy atom. The van der Waals surface area contributed by atoms with E-state index in [2.05, 4.69) is 10.4 Å². The first-order valence-electron chi connectivity index (χ1n) is 7.09. The van der Waals surface area contributed by atoms with Gasteiger partial charge in [-0.25, -0.2) is 0 Å². The fourth-order valence-corrected chi connectivity index (χ4v) is 3.45. The lowest BCUT2D eigenvalue weighted by Gasteiger charge is -2.37. The van der Waals surface area contributed by atoms with Crippen molar-refractivity contribution < 1.29 is 9.90 Å². The lowest BCUT2D eigenvalue weighted by molar-refractivity contribution is -0.122. The topological polar surface area (TPSA) is 67.2 Å². The summed E-state index contributed by atoms with van der Waals surface area (Å²) in [7, 11) is 1.86. The van der Waals surface area contributed by atoms with Gasteiger partial charge in [-0.15, -0.1) is 0 Å². The lowest BCUT2D eigenvalue weighted by atomic mass is 9.75. The molecule has 0 radical (unpaired) electrons. The average molecular weight is 305 g/mol. The minimum atomic E-state index is -0.233. The van der Waals surface area contributed by atoms with Gasteiger partial charge in [-0.05, 0) is 41.1 Å². The summed E-state index contributed by atoms with van der Waals surface area (Å²) in [6, 6.07) is 1.91. The predicted octanol–water partition coefficient (Wildman–Crippen LogP) is 1.65. The monoisotopic (exact) mass is 305 g/mol. The number of aromatic nitrogens is 2. The zero-order valence-corrected chi connectivity index (χ0v) is 12.7. The molecule has 1 aliphatic rings. The Morgan fingerprint density at radius 1 is 1.62 bits per heavy atom. The van der Waals surface area contributed by atoms with Crippen LogP contribution >= 0.6 is 11.3 Å². The highest BCUT2D eigenvalue weighted by Crippen LogP contribution is 2.37. The maximum Gasteiger partial charge on any atom is 0.224 e. The van der Waals surface area contributed by atoms with Crippen LogP contribution in [0.5, 0.6) is 0 Å². The molecule has 3 rings (SSSR count). The number of aryl methyl sites for hydroxylation is 1. The van der Waals surface area contributed by atoms with Crippen molar-refractivity contribution in [3.8, 4) is 0 Å². The van der Waals surface area contributed by atoms with E-state index in [1.807, 2.05) is 30.1 Å². The Hall–Kier alpha value is -1.66. The van der Waals surface area contributed by atoms with E-state index in [0.717, 1.165) is 24.0 Å². The highest BCUT2D eigenvalue weighted by atomic mass is 32.1. The smallest absolute Gasteiger partial charge is 0.224 e. The second-order valence-corrected chi connectivity index (χ2v) is 6.47. The van der Waals surface area contributed by atoms with Gasteiger partial charge in [0.25, 0.3) is 0 Å². The van der Waals surface area contributed by atoms with Crippen molar-refractivity contribution in [1.82, 2.24) is 15.1 Å². The first-order valence-corrected chi connectivity index (χ1v) is 8.03. The van der Waals surface area contributed by atoms with Gasteiger partial charge in [0, 0.05) is 18.8 Å². The second-order valence-electron chi connectivity index (χ2n) is 5.69. The lowest BCUT2D eigenvalue weighted by Crippen LogP contribution is -2.41. The molecule has 2 aromatic rings. The normalized spacial score (nSPS) is 22.6. The third-order valence-corrected chi connectivity index (χ3v) is 4.70. The van der Waals surface area contributed by atoms with Gasteiger partial charge in [-0.1, -0.05) is 0 Å². The SMILES string of the molecule is Cn1cc(C(NC(=O)Cc2ccsc2)C2CC(O)C2)cn1. The van der Waals surface area contributed by atoms with E-state index in [9.17, 15) is 9.90 Å². The Morgan fingerprint density at radius 2 is 2.43 bits per heavy atom. The third kappa shape index (κ3) is 3.33. The Kier molecular flexibility index (Phi) is 4.07. The summed E-state index contributed by atoms with van der Waals surface area (Å²) in [5.41, 5.74) is 2.05. The van der Waals surface area contributed by atoms with Gasteiger partial charge < -0.3 is 10.4 Å². The molecule has 0 bridgehead atoms. The zero-order chi connectivity index (χ0) is 14.8. The summed E-state index contributed by atoms with van der Waals surface area (Å²) < 4.78 is 1.74. The summed E-state index contributed by atoms with van der Waals surface area (Å²) in [6.45, 7) is 0. The van der Waals surface area contributed by atoms with E-state index < -0.39 is 0 Å². The fraction of sp³-hybridized carbons (Fsp3) is 0.467. The van der Waals surface area contributed by atoms with Gasteiger partial charge in [-0.3, -0.25) is 9.48 Å². The Bertz CT molecular complexity index is 602. The molecular weight excluding hydrogens is 286 g/mol. The van der Waals surface area contributed by atoms with E-state index in [1.165, 1.54) is 0 Å². The number of carbonyl (C=O) groups is 1. The highest BCUT2D eigenvalue weighted by molar-refractivity contribution is 7.07. The molecule has 0 spiro atoms. The number of aliphatic hydroxyl groups excluding tert-OH is 1. The van der Waals surface area contributed by atoms with Crippen molar-refractivity contribution in [2.45, 2.75) is 31.4 Å². The van der Waals surface area contributed by atoms with Gasteiger partial charge in [-0.2, -0.15) is 16.4 Å². The van der Waals surface area contributed by atoms with Crippen molar-refractivity contribution in [3.05, 3.63) is 40.3 Å². The molecule has 0 aliphatic heterocycles. The molecular formula is C15H19N3O2S. The molecule has 2 N–H and O–H groups in total. The van der Waals surface area contributed by atoms with Gasteiger partial charge in [0.05, 0.1) is 24.8 Å². The van der Waals surface area contributed by atoms with Gasteiger partial charge >= 0.3 is 0 Å². The summed E-state index contributed by atoms with van der Waals surface area (Å²) in [5, 5.41) is 20.8. The standard InChI is InChI=1S/C15H19N3O2S/c1-18-8-12(7-16-18)15(11-5-13(19)6-11)17-14(20)4-10-2-3-21-9-10/h2-3,7-9,11,13,15,19H,4-6H2,1H3,(H,17,20). The average Bonchev–Trinajstić information content (AvgIpc) is 3.04. The molecule has 1 amide bonds. The minimum absolute atomic E-state index is 0.0173. The molecule has 2 aromatic heterocycles. The first-order chi connectivity index (χ1) is 10.1. The number of hydrogen-bond donors (Lipinski definition) is 2. The molecule has 1 unspecified atom stereocenters. The van der Waals surface area contributed by atoms with Crippen LogP contribution in [-0.2, 0) is 18.3 Å². The zero-order valence-electron chi connectivity index (χ0n) is 11.9. The van der Waals surface area contributed by atoms with Gasteiger partial charge in [0.2, 0.25) is 5.91 Å². The van der Waals surface area contributed by atoms with Crippen LogP contribution in [0.1, 0.15) is 30.0 Å². The van der Waals surface area contributed by atoms with Gasteiger partial charge in [0.15, 0.2) is 0 Å². The molecule has 2 heterocycles. The Labute approximate surface area is 127 Å². The van der Waals surface area contributed by atoms with Gasteiger partial charge in [0.1, 0.15) is 0 Å². The highest BCUT2D eigenvalue weighted by Gasteiger charge is 2.36. The summed E-state index contributed by atoms with van der Waals surface area (Å²) >= 11 is 1.60. The number of amides is 1. The molecule has 1 fully saturated rings. The summed E-state index contributed by atoms with van der Waals surface area (Å²) in [6.07, 6.45) is 5.36. The van der Waals surface area contributed by atoms with Crippen LogP contribution in [0.25, 0.3) is 0 Å². The van der Waals surface area contributed by atoms with E-state index in [0.29, 0.717) is 6.42 Å². The number of rotatable bonds is 5. The van der Waals surface area contributed by atoms with E-state index in [-0.39, 0.29) is 24.0 Å². The molecule has 1 aliphatic carbocycles.